The molecule has 0 aliphatic rings. The lowest BCUT2D eigenvalue weighted by Gasteiger charge is -2.16. The summed E-state index contributed by atoms with van der Waals surface area (Å²) in [6.45, 7) is 1.99. The predicted octanol–water partition coefficient (Wildman–Crippen LogP) is 4.54. The highest BCUT2D eigenvalue weighted by Gasteiger charge is 2.19. The molecule has 2 rings (SSSR count). The van der Waals surface area contributed by atoms with E-state index in [9.17, 15) is 9.59 Å². The number of carbonyl (C=O) groups is 2. The molecule has 144 valence electrons. The van der Waals surface area contributed by atoms with Gasteiger partial charge in [-0.2, -0.15) is 11.8 Å². The van der Waals surface area contributed by atoms with Crippen molar-refractivity contribution in [3.63, 3.8) is 0 Å². The zero-order chi connectivity index (χ0) is 19.6. The van der Waals surface area contributed by atoms with E-state index in [1.54, 1.807) is 18.9 Å². The van der Waals surface area contributed by atoms with Gasteiger partial charge in [-0.3, -0.25) is 9.59 Å². The molecule has 0 spiro atoms. The second-order valence-electron chi connectivity index (χ2n) is 6.12. The number of carboxylic acids is 1. The van der Waals surface area contributed by atoms with E-state index < -0.39 is 5.97 Å². The fourth-order valence-corrected chi connectivity index (χ4v) is 3.60. The Hall–Kier alpha value is -2.47. The van der Waals surface area contributed by atoms with Crippen molar-refractivity contribution in [2.75, 3.05) is 18.2 Å². The molecule has 0 bridgehead atoms. The third-order valence-corrected chi connectivity index (χ3v) is 5.20. The predicted molar refractivity (Wildman–Crippen MR) is 110 cm³/mol. The van der Waals surface area contributed by atoms with Crippen molar-refractivity contribution >= 4 is 29.3 Å². The van der Waals surface area contributed by atoms with Crippen molar-refractivity contribution in [2.24, 2.45) is 0 Å². The molecule has 0 heterocycles. The Morgan fingerprint density at radius 3 is 2.56 bits per heavy atom. The van der Waals surface area contributed by atoms with Gasteiger partial charge in [0.05, 0.1) is 19.4 Å². The summed E-state index contributed by atoms with van der Waals surface area (Å²) >= 11 is 1.57. The summed E-state index contributed by atoms with van der Waals surface area (Å²) in [6.07, 6.45) is 0.851. The van der Waals surface area contributed by atoms with E-state index in [4.69, 9.17) is 9.84 Å². The number of thioether (sulfide) groups is 1. The van der Waals surface area contributed by atoms with Crippen molar-refractivity contribution in [1.82, 2.24) is 0 Å². The quantitative estimate of drug-likeness (QED) is 0.586. The summed E-state index contributed by atoms with van der Waals surface area (Å²) in [7, 11) is 1.62. The summed E-state index contributed by atoms with van der Waals surface area (Å²) in [5.41, 5.74) is 2.76. The number of carboxylic acid groups (broad SMARTS) is 1. The van der Waals surface area contributed by atoms with Crippen molar-refractivity contribution in [3.8, 4) is 5.75 Å². The molecule has 0 saturated carbocycles. The number of nitrogens with one attached hydrogen (secondary N) is 1. The van der Waals surface area contributed by atoms with E-state index in [0.717, 1.165) is 22.6 Å². The summed E-state index contributed by atoms with van der Waals surface area (Å²) in [4.78, 5) is 23.3. The second kappa shape index (κ2) is 10.6. The number of benzene rings is 2. The Kier molecular flexibility index (Phi) is 8.20. The van der Waals surface area contributed by atoms with Crippen molar-refractivity contribution in [3.05, 3.63) is 59.7 Å². The smallest absolute Gasteiger partial charge is 0.304 e. The maximum Gasteiger partial charge on any atom is 0.304 e. The van der Waals surface area contributed by atoms with Crippen LogP contribution in [0.4, 0.5) is 5.69 Å². The van der Waals surface area contributed by atoms with Gasteiger partial charge in [-0.05, 0) is 41.8 Å². The lowest BCUT2D eigenvalue weighted by atomic mass is 9.95. The molecule has 5 nitrogen and oxygen atoms in total. The first-order valence-electron chi connectivity index (χ1n) is 8.86. The van der Waals surface area contributed by atoms with Crippen molar-refractivity contribution in [1.29, 1.82) is 0 Å². The highest BCUT2D eigenvalue weighted by molar-refractivity contribution is 7.98. The Morgan fingerprint density at radius 2 is 1.93 bits per heavy atom. The van der Waals surface area contributed by atoms with Crippen LogP contribution in [0, 0.1) is 0 Å². The van der Waals surface area contributed by atoms with Gasteiger partial charge in [0.1, 0.15) is 5.75 Å². The topological polar surface area (TPSA) is 75.6 Å². The van der Waals surface area contributed by atoms with Crippen LogP contribution in [-0.4, -0.2) is 29.8 Å². The van der Waals surface area contributed by atoms with E-state index >= 15 is 0 Å². The standard InChI is InChI=1S/C21H25NO4S/c1-3-19(16-7-9-18(26-2)10-8-16)21(25)22-17-6-4-5-15(13-17)14-27-12-11-20(23)24/h4-10,13,19H,3,11-12,14H2,1-2H3,(H,22,25)(H,23,24). The number of rotatable bonds is 10. The summed E-state index contributed by atoms with van der Waals surface area (Å²) in [5.74, 6) is 0.992. The lowest BCUT2D eigenvalue weighted by molar-refractivity contribution is -0.136. The number of anilines is 1. The van der Waals surface area contributed by atoms with E-state index in [1.807, 2.05) is 55.5 Å². The van der Waals surface area contributed by atoms with Gasteiger partial charge in [-0.25, -0.2) is 0 Å². The maximum atomic E-state index is 12.7. The fraction of sp³-hybridized carbons (Fsp3) is 0.333. The molecule has 27 heavy (non-hydrogen) atoms. The average molecular weight is 388 g/mol. The first kappa shape index (κ1) is 20.8. The van der Waals surface area contributed by atoms with Gasteiger partial charge in [0.25, 0.3) is 0 Å². The number of hydrogen-bond acceptors (Lipinski definition) is 4. The summed E-state index contributed by atoms with van der Waals surface area (Å²) in [6, 6.07) is 15.2. The number of aliphatic carboxylic acids is 1. The van der Waals surface area contributed by atoms with Crippen LogP contribution in [0.2, 0.25) is 0 Å². The monoisotopic (exact) mass is 387 g/mol. The molecule has 0 fully saturated rings. The van der Waals surface area contributed by atoms with Crippen LogP contribution in [0.1, 0.15) is 36.8 Å². The third kappa shape index (κ3) is 6.64. The highest BCUT2D eigenvalue weighted by Crippen LogP contribution is 2.25. The molecule has 1 amide bonds. The van der Waals surface area contributed by atoms with Crippen LogP contribution >= 0.6 is 11.8 Å². The lowest BCUT2D eigenvalue weighted by Crippen LogP contribution is -2.20. The molecule has 0 aliphatic carbocycles. The van der Waals surface area contributed by atoms with Crippen LogP contribution in [0.3, 0.4) is 0 Å². The van der Waals surface area contributed by atoms with Gasteiger partial charge >= 0.3 is 5.97 Å². The van der Waals surface area contributed by atoms with Crippen LogP contribution in [0.25, 0.3) is 0 Å². The van der Waals surface area contributed by atoms with Gasteiger partial charge in [0, 0.05) is 17.2 Å². The van der Waals surface area contributed by atoms with Crippen molar-refractivity contribution < 1.29 is 19.4 Å². The fourth-order valence-electron chi connectivity index (χ4n) is 2.73. The molecule has 2 aromatic carbocycles. The van der Waals surface area contributed by atoms with Gasteiger partial charge in [-0.15, -0.1) is 0 Å². The minimum atomic E-state index is -0.785. The van der Waals surface area contributed by atoms with Gasteiger partial charge in [-0.1, -0.05) is 31.2 Å². The maximum absolute atomic E-state index is 12.7. The summed E-state index contributed by atoms with van der Waals surface area (Å²) < 4.78 is 5.17. The molecule has 0 aliphatic heterocycles. The Balaban J connectivity index is 1.98. The van der Waals surface area contributed by atoms with Crippen LogP contribution in [-0.2, 0) is 15.3 Å². The molecule has 1 atom stereocenters. The first-order chi connectivity index (χ1) is 13.0. The molecule has 1 unspecified atom stereocenters. The van der Waals surface area contributed by atoms with E-state index in [0.29, 0.717) is 17.9 Å². The Bertz CT molecular complexity index is 761. The third-order valence-electron chi connectivity index (χ3n) is 4.17. The Morgan fingerprint density at radius 1 is 1.19 bits per heavy atom. The van der Waals surface area contributed by atoms with Gasteiger partial charge in [0.2, 0.25) is 5.91 Å². The minimum absolute atomic E-state index is 0.0432. The van der Waals surface area contributed by atoms with E-state index in [1.165, 1.54) is 0 Å². The highest BCUT2D eigenvalue weighted by atomic mass is 32.2. The minimum Gasteiger partial charge on any atom is -0.497 e. The average Bonchev–Trinajstić information content (AvgIpc) is 2.66. The van der Waals surface area contributed by atoms with E-state index in [2.05, 4.69) is 5.32 Å². The zero-order valence-corrected chi connectivity index (χ0v) is 16.4. The van der Waals surface area contributed by atoms with Crippen LogP contribution in [0.5, 0.6) is 5.75 Å². The molecule has 0 saturated heterocycles. The number of ether oxygens (including phenoxy) is 1. The molecule has 2 N–H and O–H groups in total. The molecule has 0 radical (unpaired) electrons. The molecular weight excluding hydrogens is 362 g/mol. The number of hydrogen-bond donors (Lipinski definition) is 2. The molecule has 2 aromatic rings. The van der Waals surface area contributed by atoms with E-state index in [-0.39, 0.29) is 18.2 Å². The Labute approximate surface area is 164 Å². The van der Waals surface area contributed by atoms with Crippen LogP contribution < -0.4 is 10.1 Å². The van der Waals surface area contributed by atoms with Gasteiger partial charge in [0.15, 0.2) is 0 Å². The summed E-state index contributed by atoms with van der Waals surface area (Å²) in [5, 5.41) is 11.7. The molecular formula is C21H25NO4S. The van der Waals surface area contributed by atoms with Crippen LogP contribution in [0.15, 0.2) is 48.5 Å². The van der Waals surface area contributed by atoms with Crippen molar-refractivity contribution in [2.45, 2.75) is 31.4 Å². The van der Waals surface area contributed by atoms with Gasteiger partial charge < -0.3 is 15.2 Å². The SMILES string of the molecule is CCC(C(=O)Nc1cccc(CSCCC(=O)O)c1)c1ccc(OC)cc1. The number of amides is 1. The zero-order valence-electron chi connectivity index (χ0n) is 15.6. The first-order valence-corrected chi connectivity index (χ1v) is 10.0. The largest absolute Gasteiger partial charge is 0.497 e. The second-order valence-corrected chi connectivity index (χ2v) is 7.23. The number of carbonyl (C=O) groups excluding carboxylic acids is 1. The molecule has 0 aromatic heterocycles. The molecule has 6 heteroatoms. The normalized spacial score (nSPS) is 11.6. The number of methoxy groups -OCH3 is 1.